The van der Waals surface area contributed by atoms with Gasteiger partial charge in [0.25, 0.3) is 5.91 Å². The van der Waals surface area contributed by atoms with Crippen molar-refractivity contribution in [3.05, 3.63) is 53.9 Å². The zero-order valence-corrected chi connectivity index (χ0v) is 17.1. The first-order valence-corrected chi connectivity index (χ1v) is 10.4. The van der Waals surface area contributed by atoms with Crippen molar-refractivity contribution in [3.8, 4) is 5.75 Å². The third-order valence-corrected chi connectivity index (χ3v) is 5.64. The fourth-order valence-corrected chi connectivity index (χ4v) is 4.44. The van der Waals surface area contributed by atoms with Gasteiger partial charge in [0.15, 0.2) is 0 Å². The molecular weight excluding hydrogens is 401 g/mol. The Balaban J connectivity index is 1.64. The average molecular weight is 424 g/mol. The van der Waals surface area contributed by atoms with E-state index in [2.05, 4.69) is 23.6 Å². The monoisotopic (exact) mass is 424 g/mol. The summed E-state index contributed by atoms with van der Waals surface area (Å²) in [5, 5.41) is 0. The number of alkyl halides is 3. The number of thioether (sulfide) groups is 1. The number of hydrogen-bond donors (Lipinski definition) is 0. The maximum atomic E-state index is 12.8. The number of piperidine rings is 1. The van der Waals surface area contributed by atoms with Crippen LogP contribution in [0.4, 0.5) is 13.2 Å². The molecule has 156 valence electrons. The molecule has 29 heavy (non-hydrogen) atoms. The smallest absolute Gasteiger partial charge is 0.406 e. The van der Waals surface area contributed by atoms with Crippen molar-refractivity contribution in [1.82, 2.24) is 9.88 Å². The van der Waals surface area contributed by atoms with E-state index in [4.69, 9.17) is 0 Å². The highest BCUT2D eigenvalue weighted by Gasteiger charge is 2.31. The van der Waals surface area contributed by atoms with E-state index in [1.807, 2.05) is 4.90 Å². The molecule has 2 atom stereocenters. The van der Waals surface area contributed by atoms with Gasteiger partial charge in [-0.2, -0.15) is 0 Å². The molecule has 2 heterocycles. The van der Waals surface area contributed by atoms with Gasteiger partial charge in [-0.25, -0.2) is 4.98 Å². The van der Waals surface area contributed by atoms with Crippen molar-refractivity contribution < 1.29 is 22.7 Å². The van der Waals surface area contributed by atoms with Crippen LogP contribution in [-0.2, 0) is 5.75 Å². The predicted octanol–water partition coefficient (Wildman–Crippen LogP) is 5.39. The highest BCUT2D eigenvalue weighted by molar-refractivity contribution is 7.98. The molecule has 3 rings (SSSR count). The number of pyridine rings is 1. The number of likely N-dealkylation sites (tertiary alicyclic amines) is 1. The number of amides is 1. The molecule has 8 heteroatoms. The molecule has 1 amide bonds. The van der Waals surface area contributed by atoms with Crippen LogP contribution >= 0.6 is 11.8 Å². The molecule has 0 N–H and O–H groups in total. The second-order valence-corrected chi connectivity index (χ2v) is 8.53. The molecule has 1 aromatic carbocycles. The number of carbonyl (C=O) groups excluding carboxylic acids is 1. The van der Waals surface area contributed by atoms with Gasteiger partial charge in [0.05, 0.1) is 5.69 Å². The van der Waals surface area contributed by atoms with Gasteiger partial charge in [-0.1, -0.05) is 26.0 Å². The van der Waals surface area contributed by atoms with Gasteiger partial charge in [0.2, 0.25) is 0 Å². The third-order valence-electron chi connectivity index (χ3n) is 4.61. The number of rotatable bonds is 5. The summed E-state index contributed by atoms with van der Waals surface area (Å²) in [6.45, 7) is 5.76. The van der Waals surface area contributed by atoms with Crippen LogP contribution in [0, 0.1) is 11.8 Å². The first-order valence-electron chi connectivity index (χ1n) is 9.43. The van der Waals surface area contributed by atoms with Crippen LogP contribution in [0.25, 0.3) is 0 Å². The van der Waals surface area contributed by atoms with E-state index in [-0.39, 0.29) is 11.7 Å². The Kier molecular flexibility index (Phi) is 6.72. The molecule has 1 saturated heterocycles. The van der Waals surface area contributed by atoms with Crippen molar-refractivity contribution >= 4 is 17.7 Å². The fourth-order valence-electron chi connectivity index (χ4n) is 3.59. The first kappa shape index (κ1) is 21.5. The molecule has 4 nitrogen and oxygen atoms in total. The summed E-state index contributed by atoms with van der Waals surface area (Å²) in [5.41, 5.74) is 1.10. The maximum Gasteiger partial charge on any atom is 0.573 e. The largest absolute Gasteiger partial charge is 0.573 e. The van der Waals surface area contributed by atoms with Crippen LogP contribution in [0.1, 0.15) is 36.5 Å². The van der Waals surface area contributed by atoms with Crippen LogP contribution in [-0.4, -0.2) is 35.2 Å². The average Bonchev–Trinajstić information content (AvgIpc) is 2.64. The first-order chi connectivity index (χ1) is 13.7. The number of nitrogens with zero attached hydrogens (tertiary/aromatic N) is 2. The highest BCUT2D eigenvalue weighted by Crippen LogP contribution is 2.29. The molecule has 2 unspecified atom stereocenters. The van der Waals surface area contributed by atoms with Gasteiger partial charge >= 0.3 is 6.36 Å². The number of benzene rings is 1. The Morgan fingerprint density at radius 1 is 1.17 bits per heavy atom. The minimum Gasteiger partial charge on any atom is -0.406 e. The van der Waals surface area contributed by atoms with Gasteiger partial charge < -0.3 is 9.64 Å². The quantitative estimate of drug-likeness (QED) is 0.604. The van der Waals surface area contributed by atoms with Crippen LogP contribution in [0.2, 0.25) is 0 Å². The van der Waals surface area contributed by atoms with Gasteiger partial charge in [-0.05, 0) is 48.6 Å². The van der Waals surface area contributed by atoms with E-state index >= 15 is 0 Å². The minimum atomic E-state index is -4.72. The van der Waals surface area contributed by atoms with Gasteiger partial charge in [-0.3, -0.25) is 4.79 Å². The molecule has 1 aromatic heterocycles. The molecular formula is C21H23F3N2O2S. The van der Waals surface area contributed by atoms with E-state index in [9.17, 15) is 18.0 Å². The number of hydrogen-bond acceptors (Lipinski definition) is 4. The van der Waals surface area contributed by atoms with E-state index in [0.29, 0.717) is 33.9 Å². The number of halogens is 3. The van der Waals surface area contributed by atoms with Gasteiger partial charge in [0, 0.05) is 23.7 Å². The zero-order valence-electron chi connectivity index (χ0n) is 16.3. The standard InChI is InChI=1S/C21H23F3N2O2S/c1-14-9-15(2)12-26(11-14)20(27)19-8-3-5-16(25-19)13-29-18-7-4-6-17(10-18)28-21(22,23)24/h3-8,10,14-15H,9,11-13H2,1-2H3. The molecule has 0 aliphatic carbocycles. The topological polar surface area (TPSA) is 42.4 Å². The molecule has 0 spiro atoms. The minimum absolute atomic E-state index is 0.0733. The molecule has 2 aromatic rings. The molecule has 0 saturated carbocycles. The van der Waals surface area contributed by atoms with E-state index < -0.39 is 6.36 Å². The van der Waals surface area contributed by atoms with Crippen molar-refractivity contribution in [2.24, 2.45) is 11.8 Å². The van der Waals surface area contributed by atoms with Gasteiger partial charge in [0.1, 0.15) is 11.4 Å². The van der Waals surface area contributed by atoms with Crippen molar-refractivity contribution in [3.63, 3.8) is 0 Å². The van der Waals surface area contributed by atoms with Crippen LogP contribution in [0.15, 0.2) is 47.4 Å². The second kappa shape index (κ2) is 9.07. The lowest BCUT2D eigenvalue weighted by molar-refractivity contribution is -0.274. The van der Waals surface area contributed by atoms with E-state index in [1.165, 1.54) is 30.0 Å². The Labute approximate surface area is 172 Å². The van der Waals surface area contributed by atoms with Crippen molar-refractivity contribution in [2.75, 3.05) is 13.1 Å². The SMILES string of the molecule is CC1CC(C)CN(C(=O)c2cccc(CSc3cccc(OC(F)(F)F)c3)n2)C1. The Morgan fingerprint density at radius 2 is 1.86 bits per heavy atom. The Morgan fingerprint density at radius 3 is 2.55 bits per heavy atom. The molecule has 1 fully saturated rings. The predicted molar refractivity (Wildman–Crippen MR) is 106 cm³/mol. The lowest BCUT2D eigenvalue weighted by atomic mass is 9.92. The lowest BCUT2D eigenvalue weighted by Gasteiger charge is -2.34. The maximum absolute atomic E-state index is 12.8. The van der Waals surface area contributed by atoms with Crippen LogP contribution in [0.3, 0.4) is 0 Å². The van der Waals surface area contributed by atoms with Crippen LogP contribution < -0.4 is 4.74 Å². The van der Waals surface area contributed by atoms with Gasteiger partial charge in [-0.15, -0.1) is 24.9 Å². The normalized spacial score (nSPS) is 19.8. The summed E-state index contributed by atoms with van der Waals surface area (Å²) in [6, 6.07) is 11.1. The molecule has 0 radical (unpaired) electrons. The Hall–Kier alpha value is -2.22. The van der Waals surface area contributed by atoms with E-state index in [1.54, 1.807) is 24.3 Å². The summed E-state index contributed by atoms with van der Waals surface area (Å²) in [4.78, 5) is 19.8. The number of ether oxygens (including phenoxy) is 1. The summed E-state index contributed by atoms with van der Waals surface area (Å²) < 4.78 is 41.1. The second-order valence-electron chi connectivity index (χ2n) is 7.48. The van der Waals surface area contributed by atoms with E-state index in [0.717, 1.165) is 19.5 Å². The summed E-state index contributed by atoms with van der Waals surface area (Å²) in [7, 11) is 0. The molecule has 1 aliphatic rings. The van der Waals surface area contributed by atoms with Crippen LogP contribution in [0.5, 0.6) is 5.75 Å². The number of carbonyl (C=O) groups is 1. The fraction of sp³-hybridized carbons (Fsp3) is 0.429. The highest BCUT2D eigenvalue weighted by atomic mass is 32.2. The summed E-state index contributed by atoms with van der Waals surface area (Å²) >= 11 is 1.34. The Bertz CT molecular complexity index is 850. The summed E-state index contributed by atoms with van der Waals surface area (Å²) in [5.74, 6) is 1.03. The lowest BCUT2D eigenvalue weighted by Crippen LogP contribution is -2.42. The molecule has 1 aliphatic heterocycles. The zero-order chi connectivity index (χ0) is 21.0. The van der Waals surface area contributed by atoms with Crippen molar-refractivity contribution in [1.29, 1.82) is 0 Å². The van der Waals surface area contributed by atoms with Crippen molar-refractivity contribution in [2.45, 2.75) is 37.3 Å². The third kappa shape index (κ3) is 6.39. The number of aromatic nitrogens is 1. The summed E-state index contributed by atoms with van der Waals surface area (Å²) in [6.07, 6.45) is -3.60. The molecule has 0 bridgehead atoms.